The van der Waals surface area contributed by atoms with Gasteiger partial charge in [-0.2, -0.15) is 0 Å². The Morgan fingerprint density at radius 2 is 1.88 bits per heavy atom. The number of nitrogens with zero attached hydrogens (tertiary/aromatic N) is 2. The molecule has 7 nitrogen and oxygen atoms in total. The standard InChI is InChI=1S/C22H17FN4O3S2/c23-14-7-5-13(6-8-14)11-27-21(30)15-3-1-2-4-17(15)25-22(27)32-12-18(28)26-20-16(19(24)29)9-10-31-20/h1-10H,11-12H2,(H2,24,29)(H,26,28). The van der Waals surface area contributed by atoms with Crippen molar-refractivity contribution in [3.8, 4) is 0 Å². The molecule has 0 aliphatic carbocycles. The topological polar surface area (TPSA) is 107 Å². The van der Waals surface area contributed by atoms with Crippen molar-refractivity contribution in [2.45, 2.75) is 11.7 Å². The molecule has 4 rings (SSSR count). The van der Waals surface area contributed by atoms with E-state index in [1.165, 1.54) is 28.0 Å². The van der Waals surface area contributed by atoms with Crippen LogP contribution in [0.1, 0.15) is 15.9 Å². The number of carbonyl (C=O) groups excluding carboxylic acids is 2. The molecule has 0 spiro atoms. The number of hydrogen-bond donors (Lipinski definition) is 2. The molecule has 0 atom stereocenters. The first-order chi connectivity index (χ1) is 15.4. The molecule has 32 heavy (non-hydrogen) atoms. The first-order valence-corrected chi connectivity index (χ1v) is 11.3. The maximum absolute atomic E-state index is 13.3. The summed E-state index contributed by atoms with van der Waals surface area (Å²) in [6, 6.07) is 14.3. The molecule has 0 radical (unpaired) electrons. The van der Waals surface area contributed by atoms with Crippen LogP contribution in [0, 0.1) is 5.82 Å². The van der Waals surface area contributed by atoms with Gasteiger partial charge in [-0.05, 0) is 41.3 Å². The third-order valence-corrected chi connectivity index (χ3v) is 6.40. The van der Waals surface area contributed by atoms with Crippen molar-refractivity contribution in [3.63, 3.8) is 0 Å². The number of hydrogen-bond acceptors (Lipinski definition) is 6. The molecule has 0 saturated heterocycles. The summed E-state index contributed by atoms with van der Waals surface area (Å²) in [5.41, 5.74) is 6.54. The Hall–Kier alpha value is -3.50. The van der Waals surface area contributed by atoms with Gasteiger partial charge in [0.15, 0.2) is 5.16 Å². The van der Waals surface area contributed by atoms with Crippen molar-refractivity contribution in [2.24, 2.45) is 5.73 Å². The van der Waals surface area contributed by atoms with Gasteiger partial charge in [0.25, 0.3) is 11.5 Å². The summed E-state index contributed by atoms with van der Waals surface area (Å²) in [5.74, 6) is -1.40. The quantitative estimate of drug-likeness (QED) is 0.319. The molecule has 0 bridgehead atoms. The lowest BCUT2D eigenvalue weighted by atomic mass is 10.2. The van der Waals surface area contributed by atoms with Gasteiger partial charge in [-0.25, -0.2) is 9.37 Å². The van der Waals surface area contributed by atoms with Gasteiger partial charge in [0.1, 0.15) is 10.8 Å². The Kier molecular flexibility index (Phi) is 6.33. The van der Waals surface area contributed by atoms with Crippen molar-refractivity contribution in [3.05, 3.63) is 87.3 Å². The van der Waals surface area contributed by atoms with Gasteiger partial charge >= 0.3 is 0 Å². The minimum absolute atomic E-state index is 0.0374. The van der Waals surface area contributed by atoms with E-state index in [0.717, 1.165) is 17.3 Å². The number of rotatable bonds is 7. The summed E-state index contributed by atoms with van der Waals surface area (Å²) in [5, 5.41) is 5.51. The number of halogens is 1. The second-order valence-corrected chi connectivity index (χ2v) is 8.65. The van der Waals surface area contributed by atoms with Crippen molar-refractivity contribution >= 4 is 50.8 Å². The summed E-state index contributed by atoms with van der Waals surface area (Å²) in [7, 11) is 0. The van der Waals surface area contributed by atoms with Crippen molar-refractivity contribution in [1.82, 2.24) is 9.55 Å². The third kappa shape index (κ3) is 4.71. The van der Waals surface area contributed by atoms with Crippen LogP contribution in [-0.4, -0.2) is 27.1 Å². The summed E-state index contributed by atoms with van der Waals surface area (Å²) in [6.07, 6.45) is 0. The van der Waals surface area contributed by atoms with Crippen LogP contribution >= 0.6 is 23.1 Å². The Bertz CT molecular complexity index is 1370. The summed E-state index contributed by atoms with van der Waals surface area (Å²) in [6.45, 7) is 0.178. The minimum Gasteiger partial charge on any atom is -0.366 e. The molecule has 2 aromatic heterocycles. The number of thioether (sulfide) groups is 1. The molecule has 4 aromatic rings. The van der Waals surface area contributed by atoms with Crippen LogP contribution in [0.5, 0.6) is 0 Å². The maximum Gasteiger partial charge on any atom is 0.262 e. The van der Waals surface area contributed by atoms with Gasteiger partial charge in [0.05, 0.1) is 28.8 Å². The van der Waals surface area contributed by atoms with E-state index in [0.29, 0.717) is 21.1 Å². The SMILES string of the molecule is NC(=O)c1ccsc1NC(=O)CSc1nc2ccccc2c(=O)n1Cc1ccc(F)cc1. The number of nitrogens with two attached hydrogens (primary N) is 1. The number of amides is 2. The molecule has 2 aromatic carbocycles. The molecule has 0 fully saturated rings. The zero-order chi connectivity index (χ0) is 22.7. The van der Waals surface area contributed by atoms with E-state index in [2.05, 4.69) is 10.3 Å². The number of anilines is 1. The summed E-state index contributed by atoms with van der Waals surface area (Å²) >= 11 is 2.29. The van der Waals surface area contributed by atoms with Gasteiger partial charge < -0.3 is 11.1 Å². The molecular formula is C22H17FN4O3S2. The molecule has 0 aliphatic heterocycles. The van der Waals surface area contributed by atoms with Gasteiger partial charge in [0, 0.05) is 0 Å². The van der Waals surface area contributed by atoms with Gasteiger partial charge in [-0.3, -0.25) is 19.0 Å². The van der Waals surface area contributed by atoms with Crippen LogP contribution < -0.4 is 16.6 Å². The lowest BCUT2D eigenvalue weighted by Crippen LogP contribution is -2.25. The number of carbonyl (C=O) groups is 2. The second kappa shape index (κ2) is 9.33. The number of aromatic nitrogens is 2. The van der Waals surface area contributed by atoms with Crippen molar-refractivity contribution in [1.29, 1.82) is 0 Å². The van der Waals surface area contributed by atoms with Gasteiger partial charge in [-0.15, -0.1) is 11.3 Å². The van der Waals surface area contributed by atoms with Crippen LogP contribution in [-0.2, 0) is 11.3 Å². The fourth-order valence-electron chi connectivity index (χ4n) is 3.06. The molecule has 0 unspecified atom stereocenters. The first kappa shape index (κ1) is 21.7. The van der Waals surface area contributed by atoms with E-state index in [4.69, 9.17) is 5.73 Å². The van der Waals surface area contributed by atoms with Crippen LogP contribution in [0.4, 0.5) is 9.39 Å². The normalized spacial score (nSPS) is 10.9. The smallest absolute Gasteiger partial charge is 0.262 e. The van der Waals surface area contributed by atoms with Crippen molar-refractivity contribution < 1.29 is 14.0 Å². The van der Waals surface area contributed by atoms with Crippen LogP contribution in [0.15, 0.2) is 69.9 Å². The maximum atomic E-state index is 13.3. The Labute approximate surface area is 190 Å². The number of primary amides is 1. The summed E-state index contributed by atoms with van der Waals surface area (Å²) < 4.78 is 14.7. The largest absolute Gasteiger partial charge is 0.366 e. The fraction of sp³-hybridized carbons (Fsp3) is 0.0909. The van der Waals surface area contributed by atoms with Crippen LogP contribution in [0.3, 0.4) is 0 Å². The van der Waals surface area contributed by atoms with E-state index in [-0.39, 0.29) is 35.1 Å². The molecule has 3 N–H and O–H groups in total. The minimum atomic E-state index is -0.626. The third-order valence-electron chi connectivity index (χ3n) is 4.60. The number of para-hydroxylation sites is 1. The Morgan fingerprint density at radius 3 is 2.62 bits per heavy atom. The van der Waals surface area contributed by atoms with Crippen LogP contribution in [0.25, 0.3) is 10.9 Å². The molecule has 2 amide bonds. The highest BCUT2D eigenvalue weighted by molar-refractivity contribution is 7.99. The lowest BCUT2D eigenvalue weighted by Gasteiger charge is -2.13. The average Bonchev–Trinajstić information content (AvgIpc) is 3.24. The van der Waals surface area contributed by atoms with Gasteiger partial charge in [0.2, 0.25) is 5.91 Å². The molecular weight excluding hydrogens is 451 g/mol. The molecule has 162 valence electrons. The fourth-order valence-corrected chi connectivity index (χ4v) is 4.67. The number of benzene rings is 2. The average molecular weight is 469 g/mol. The van der Waals surface area contributed by atoms with E-state index >= 15 is 0 Å². The number of nitrogens with one attached hydrogen (secondary N) is 1. The lowest BCUT2D eigenvalue weighted by molar-refractivity contribution is -0.113. The highest BCUT2D eigenvalue weighted by Crippen LogP contribution is 2.24. The van der Waals surface area contributed by atoms with Gasteiger partial charge in [-0.1, -0.05) is 36.0 Å². The highest BCUT2D eigenvalue weighted by Gasteiger charge is 2.16. The Morgan fingerprint density at radius 1 is 1.12 bits per heavy atom. The van der Waals surface area contributed by atoms with E-state index in [9.17, 15) is 18.8 Å². The predicted molar refractivity (Wildman–Crippen MR) is 124 cm³/mol. The molecule has 0 saturated carbocycles. The predicted octanol–water partition coefficient (Wildman–Crippen LogP) is 3.48. The number of thiophene rings is 1. The Balaban J connectivity index is 1.61. The highest BCUT2D eigenvalue weighted by atomic mass is 32.2. The van der Waals surface area contributed by atoms with E-state index in [1.54, 1.807) is 47.8 Å². The molecule has 0 aliphatic rings. The first-order valence-electron chi connectivity index (χ1n) is 9.46. The van der Waals surface area contributed by atoms with Crippen molar-refractivity contribution in [2.75, 3.05) is 11.1 Å². The van der Waals surface area contributed by atoms with E-state index < -0.39 is 5.91 Å². The van der Waals surface area contributed by atoms with E-state index in [1.807, 2.05) is 0 Å². The molecule has 10 heteroatoms. The zero-order valence-electron chi connectivity index (χ0n) is 16.6. The van der Waals surface area contributed by atoms with Crippen LogP contribution in [0.2, 0.25) is 0 Å². The summed E-state index contributed by atoms with van der Waals surface area (Å²) in [4.78, 5) is 41.6. The second-order valence-electron chi connectivity index (χ2n) is 6.79. The zero-order valence-corrected chi connectivity index (χ0v) is 18.2. The number of fused-ring (bicyclic) bond motifs is 1. The molecule has 2 heterocycles. The monoisotopic (exact) mass is 468 g/mol.